The fourth-order valence-corrected chi connectivity index (χ4v) is 3.06. The van der Waals surface area contributed by atoms with Gasteiger partial charge in [-0.25, -0.2) is 0 Å². The molecular formula is C12H14N4OS. The number of nitrogens with two attached hydrogens (primary N) is 1. The van der Waals surface area contributed by atoms with Gasteiger partial charge in [-0.2, -0.15) is 10.5 Å². The first kappa shape index (κ1) is 12.7. The van der Waals surface area contributed by atoms with Gasteiger partial charge in [0.25, 0.3) is 0 Å². The first-order valence-electron chi connectivity index (χ1n) is 5.68. The average Bonchev–Trinajstić information content (AvgIpc) is 2.65. The third-order valence-electron chi connectivity index (χ3n) is 3.27. The second-order valence-electron chi connectivity index (χ2n) is 4.73. The monoisotopic (exact) mass is 262 g/mol. The van der Waals surface area contributed by atoms with Crippen LogP contribution in [-0.2, 0) is 0 Å². The highest BCUT2D eigenvalue weighted by molar-refractivity contribution is 7.17. The molecule has 0 bridgehead atoms. The Bertz CT molecular complexity index is 540. The van der Waals surface area contributed by atoms with Crippen molar-refractivity contribution in [2.24, 2.45) is 0 Å². The molecule has 1 saturated heterocycles. The average molecular weight is 262 g/mol. The van der Waals surface area contributed by atoms with Crippen molar-refractivity contribution in [3.05, 3.63) is 10.4 Å². The van der Waals surface area contributed by atoms with E-state index in [1.165, 1.54) is 11.3 Å². The number of thiophene rings is 1. The molecule has 1 aromatic rings. The minimum Gasteiger partial charge on any atom is -0.396 e. The maximum absolute atomic E-state index is 9.91. The van der Waals surface area contributed by atoms with Crippen LogP contribution in [0.4, 0.5) is 10.7 Å². The lowest BCUT2D eigenvalue weighted by Crippen LogP contribution is -2.42. The Labute approximate surface area is 110 Å². The van der Waals surface area contributed by atoms with Crippen LogP contribution in [-0.4, -0.2) is 23.8 Å². The van der Waals surface area contributed by atoms with Crippen LogP contribution >= 0.6 is 11.3 Å². The Hall–Kier alpha value is -1.76. The van der Waals surface area contributed by atoms with Gasteiger partial charge in [-0.3, -0.25) is 0 Å². The molecule has 0 aliphatic carbocycles. The zero-order chi connectivity index (χ0) is 13.3. The first-order valence-corrected chi connectivity index (χ1v) is 6.50. The molecule has 0 spiro atoms. The zero-order valence-electron chi connectivity index (χ0n) is 10.1. The van der Waals surface area contributed by atoms with Gasteiger partial charge in [-0.1, -0.05) is 0 Å². The quantitative estimate of drug-likeness (QED) is 0.797. The summed E-state index contributed by atoms with van der Waals surface area (Å²) in [5.41, 5.74) is 5.80. The van der Waals surface area contributed by atoms with Gasteiger partial charge in [0.2, 0.25) is 0 Å². The highest BCUT2D eigenvalue weighted by Crippen LogP contribution is 2.39. The molecule has 0 aromatic carbocycles. The van der Waals surface area contributed by atoms with Crippen LogP contribution in [0.25, 0.3) is 0 Å². The highest BCUT2D eigenvalue weighted by atomic mass is 32.1. The fourth-order valence-electron chi connectivity index (χ4n) is 2.04. The molecule has 1 aliphatic rings. The molecular weight excluding hydrogens is 248 g/mol. The van der Waals surface area contributed by atoms with Gasteiger partial charge in [-0.15, -0.1) is 11.3 Å². The van der Waals surface area contributed by atoms with Gasteiger partial charge < -0.3 is 15.7 Å². The number of piperidine rings is 1. The molecule has 0 atom stereocenters. The summed E-state index contributed by atoms with van der Waals surface area (Å²) in [4.78, 5) is 2.41. The number of aliphatic hydroxyl groups is 1. The van der Waals surface area contributed by atoms with Crippen LogP contribution in [0.15, 0.2) is 0 Å². The van der Waals surface area contributed by atoms with Crippen molar-refractivity contribution in [3.8, 4) is 12.1 Å². The molecule has 5 nitrogen and oxygen atoms in total. The normalized spacial score (nSPS) is 18.1. The van der Waals surface area contributed by atoms with Crippen molar-refractivity contribution < 1.29 is 5.11 Å². The number of rotatable bonds is 1. The minimum absolute atomic E-state index is 0.275. The Morgan fingerprint density at radius 1 is 1.33 bits per heavy atom. The Balaban J connectivity index is 2.31. The van der Waals surface area contributed by atoms with Gasteiger partial charge >= 0.3 is 0 Å². The van der Waals surface area contributed by atoms with E-state index >= 15 is 0 Å². The lowest BCUT2D eigenvalue weighted by atomic mass is 9.94. The summed E-state index contributed by atoms with van der Waals surface area (Å²) in [5, 5.41) is 28.7. The van der Waals surface area contributed by atoms with Crippen molar-refractivity contribution >= 4 is 22.0 Å². The molecule has 1 fully saturated rings. The molecule has 1 aromatic heterocycles. The number of anilines is 2. The van der Waals surface area contributed by atoms with Crippen molar-refractivity contribution in [1.29, 1.82) is 10.5 Å². The van der Waals surface area contributed by atoms with E-state index < -0.39 is 5.60 Å². The summed E-state index contributed by atoms with van der Waals surface area (Å²) in [7, 11) is 0. The van der Waals surface area contributed by atoms with Crippen molar-refractivity contribution in [2.75, 3.05) is 23.7 Å². The summed E-state index contributed by atoms with van der Waals surface area (Å²) < 4.78 is 0. The van der Waals surface area contributed by atoms with Gasteiger partial charge in [0, 0.05) is 13.1 Å². The minimum atomic E-state index is -0.635. The molecule has 0 saturated carbocycles. The SMILES string of the molecule is CC1(O)CCN(c2sc(C#N)c(N)c2C#N)CC1. The largest absolute Gasteiger partial charge is 0.396 e. The van der Waals surface area contributed by atoms with Crippen LogP contribution in [0, 0.1) is 22.7 Å². The van der Waals surface area contributed by atoms with Gasteiger partial charge in [0.15, 0.2) is 0 Å². The van der Waals surface area contributed by atoms with Gasteiger partial charge in [0.1, 0.15) is 27.6 Å². The summed E-state index contributed by atoms with van der Waals surface area (Å²) in [6, 6.07) is 4.08. The van der Waals surface area contributed by atoms with E-state index in [-0.39, 0.29) is 5.69 Å². The molecule has 2 heterocycles. The number of nitriles is 2. The molecule has 2 rings (SSSR count). The number of hydrogen-bond donors (Lipinski definition) is 2. The second-order valence-corrected chi connectivity index (χ2v) is 5.73. The lowest BCUT2D eigenvalue weighted by Gasteiger charge is -2.36. The first-order chi connectivity index (χ1) is 8.48. The number of nitrogen functional groups attached to an aromatic ring is 1. The van der Waals surface area contributed by atoms with E-state index in [0.717, 1.165) is 5.00 Å². The Morgan fingerprint density at radius 3 is 2.44 bits per heavy atom. The Kier molecular flexibility index (Phi) is 3.16. The molecule has 94 valence electrons. The molecule has 0 unspecified atom stereocenters. The highest BCUT2D eigenvalue weighted by Gasteiger charge is 2.30. The van der Waals surface area contributed by atoms with Crippen molar-refractivity contribution in [3.63, 3.8) is 0 Å². The molecule has 1 aliphatic heterocycles. The second kappa shape index (κ2) is 4.49. The number of hydrogen-bond acceptors (Lipinski definition) is 6. The van der Waals surface area contributed by atoms with E-state index in [0.29, 0.717) is 36.4 Å². The molecule has 0 radical (unpaired) electrons. The van der Waals surface area contributed by atoms with Crippen LogP contribution in [0.3, 0.4) is 0 Å². The van der Waals surface area contributed by atoms with Crippen LogP contribution < -0.4 is 10.6 Å². The van der Waals surface area contributed by atoms with E-state index in [1.807, 2.05) is 17.9 Å². The van der Waals surface area contributed by atoms with E-state index in [9.17, 15) is 5.11 Å². The number of nitrogens with zero attached hydrogens (tertiary/aromatic N) is 3. The zero-order valence-corrected chi connectivity index (χ0v) is 10.9. The molecule has 6 heteroatoms. The van der Waals surface area contributed by atoms with Gasteiger partial charge in [0.05, 0.1) is 11.3 Å². The maximum Gasteiger partial charge on any atom is 0.131 e. The van der Waals surface area contributed by atoms with E-state index in [1.54, 1.807) is 0 Å². The van der Waals surface area contributed by atoms with Crippen LogP contribution in [0.1, 0.15) is 30.2 Å². The van der Waals surface area contributed by atoms with E-state index in [2.05, 4.69) is 6.07 Å². The van der Waals surface area contributed by atoms with E-state index in [4.69, 9.17) is 16.3 Å². The summed E-state index contributed by atoms with van der Waals surface area (Å²) in [6.45, 7) is 3.16. The lowest BCUT2D eigenvalue weighted by molar-refractivity contribution is 0.0352. The maximum atomic E-state index is 9.91. The topological polar surface area (TPSA) is 97.1 Å². The Morgan fingerprint density at radius 2 is 1.94 bits per heavy atom. The fraction of sp³-hybridized carbons (Fsp3) is 0.500. The standard InChI is InChI=1S/C12H14N4OS/c1-12(17)2-4-16(5-3-12)11-8(6-13)10(15)9(7-14)18-11/h17H,2-5,15H2,1H3. The third-order valence-corrected chi connectivity index (χ3v) is 4.44. The predicted octanol–water partition coefficient (Wildman–Crippen LogP) is 1.42. The summed E-state index contributed by atoms with van der Waals surface area (Å²) in [6.07, 6.45) is 1.30. The molecule has 3 N–H and O–H groups in total. The summed E-state index contributed by atoms with van der Waals surface area (Å²) in [5.74, 6) is 0. The van der Waals surface area contributed by atoms with Crippen LogP contribution in [0.5, 0.6) is 0 Å². The third kappa shape index (κ3) is 2.13. The smallest absolute Gasteiger partial charge is 0.131 e. The molecule has 18 heavy (non-hydrogen) atoms. The summed E-state index contributed by atoms with van der Waals surface area (Å²) >= 11 is 1.25. The van der Waals surface area contributed by atoms with Crippen molar-refractivity contribution in [1.82, 2.24) is 0 Å². The van der Waals surface area contributed by atoms with Crippen molar-refractivity contribution in [2.45, 2.75) is 25.4 Å². The predicted molar refractivity (Wildman–Crippen MR) is 70.2 cm³/mol. The molecule has 0 amide bonds. The van der Waals surface area contributed by atoms with Gasteiger partial charge in [-0.05, 0) is 19.8 Å². The van der Waals surface area contributed by atoms with Crippen LogP contribution in [0.2, 0.25) is 0 Å².